The largest absolute Gasteiger partial charge is 0.506 e. The van der Waals surface area contributed by atoms with Gasteiger partial charge in [-0.1, -0.05) is 41.9 Å². The molecule has 6 nitrogen and oxygen atoms in total. The lowest BCUT2D eigenvalue weighted by molar-refractivity contribution is -0.214. The molecule has 6 rings (SSSR count). The molecule has 0 bridgehead atoms. The molecule has 11 heteroatoms. The number of esters is 1. The van der Waals surface area contributed by atoms with Gasteiger partial charge in [0.05, 0.1) is 16.7 Å². The number of carbonyl (C=O) groups excluding carboxylic acids is 3. The van der Waals surface area contributed by atoms with Crippen molar-refractivity contribution in [3.63, 3.8) is 0 Å². The van der Waals surface area contributed by atoms with E-state index in [9.17, 15) is 29.0 Å². The Morgan fingerprint density at radius 1 is 1.09 bits per heavy atom. The summed E-state index contributed by atoms with van der Waals surface area (Å²) in [4.78, 5) is 41.1. The van der Waals surface area contributed by atoms with Crippen molar-refractivity contribution in [3.8, 4) is 5.75 Å². The Morgan fingerprint density at radius 3 is 2.49 bits per heavy atom. The van der Waals surface area contributed by atoms with E-state index in [0.29, 0.717) is 36.6 Å². The lowest BCUT2D eigenvalue weighted by Gasteiger charge is -2.62. The van der Waals surface area contributed by atoms with Crippen molar-refractivity contribution >= 4 is 52.0 Å². The molecule has 2 aromatic rings. The molecule has 0 spiro atoms. The maximum absolute atomic E-state index is 17.5. The number of ketones is 1. The highest BCUT2D eigenvalue weighted by Gasteiger charge is 2.75. The minimum absolute atomic E-state index is 0.0272. The number of benzene rings is 2. The minimum Gasteiger partial charge on any atom is -0.506 e. The van der Waals surface area contributed by atoms with Crippen LogP contribution in [0.25, 0.3) is 0 Å². The van der Waals surface area contributed by atoms with Crippen LogP contribution in [0.4, 0.5) is 8.78 Å². The van der Waals surface area contributed by atoms with Crippen molar-refractivity contribution in [1.29, 1.82) is 0 Å². The average molecular weight is 675 g/mol. The molecule has 3 fully saturated rings. The Hall–Kier alpha value is -2.66. The van der Waals surface area contributed by atoms with Crippen LogP contribution in [0.5, 0.6) is 5.75 Å². The number of rotatable bonds is 6. The number of fused-ring (bicyclic) bond motifs is 5. The van der Waals surface area contributed by atoms with Gasteiger partial charge in [-0.25, -0.2) is 13.6 Å². The van der Waals surface area contributed by atoms with Gasteiger partial charge >= 0.3 is 5.97 Å². The van der Waals surface area contributed by atoms with Crippen molar-refractivity contribution in [1.82, 2.24) is 0 Å². The van der Waals surface area contributed by atoms with Crippen LogP contribution in [0, 0.1) is 22.7 Å². The minimum atomic E-state index is -2.11. The highest BCUT2D eigenvalue weighted by Crippen LogP contribution is 2.70. The van der Waals surface area contributed by atoms with Crippen molar-refractivity contribution in [2.75, 3.05) is 6.01 Å². The smallest absolute Gasteiger partial charge is 0.339 e. The zero-order chi connectivity index (χ0) is 32.4. The number of phenols is 1. The van der Waals surface area contributed by atoms with Crippen LogP contribution in [-0.2, 0) is 14.3 Å². The van der Waals surface area contributed by atoms with Crippen molar-refractivity contribution < 1.29 is 38.1 Å². The van der Waals surface area contributed by atoms with E-state index in [1.807, 2.05) is 0 Å². The van der Waals surface area contributed by atoms with Gasteiger partial charge in [-0.05, 0) is 111 Å². The van der Waals surface area contributed by atoms with Crippen LogP contribution in [0.3, 0.4) is 0 Å². The summed E-state index contributed by atoms with van der Waals surface area (Å²) in [6.45, 7) is 3.47. The molecule has 0 amide bonds. The summed E-state index contributed by atoms with van der Waals surface area (Å²) in [6, 6.07) is 10.4. The van der Waals surface area contributed by atoms with E-state index in [2.05, 4.69) is 0 Å². The molecule has 0 aromatic heterocycles. The quantitative estimate of drug-likeness (QED) is 0.302. The molecular formula is C34H33ClF2O6S2. The van der Waals surface area contributed by atoms with Gasteiger partial charge in [-0.2, -0.15) is 0 Å². The first-order valence-electron chi connectivity index (χ1n) is 14.8. The Labute approximate surface area is 273 Å². The zero-order valence-electron chi connectivity index (χ0n) is 24.7. The maximum atomic E-state index is 17.5. The molecule has 4 aliphatic rings. The number of hydrogen-bond acceptors (Lipinski definition) is 8. The summed E-state index contributed by atoms with van der Waals surface area (Å²) in [5, 5.41) is 20.9. The molecule has 238 valence electrons. The third-order valence-electron chi connectivity index (χ3n) is 10.8. The maximum Gasteiger partial charge on any atom is 0.339 e. The third kappa shape index (κ3) is 4.89. The number of thioether (sulfide) groups is 1. The summed E-state index contributed by atoms with van der Waals surface area (Å²) in [7, 11) is 0. The number of alkyl halides is 2. The molecule has 4 aliphatic carbocycles. The van der Waals surface area contributed by atoms with Gasteiger partial charge in [-0.15, -0.1) is 0 Å². The number of allylic oxidation sites excluding steroid dienone is 4. The molecule has 0 radical (unpaired) electrons. The normalized spacial score (nSPS) is 35.2. The standard InChI is InChI=1S/C34H33ClF2O6S2/c1-31-13-11-21(38)15-20(31)5-9-25-24-12-14-33(30(42)44-18-36,32(24,2)17-28(40)34(25,31)37)43-29(41)19-3-6-22(7-4-19)45-23-8-10-27(39)26(35)16-23/h3-4,6-8,10-11,13,15-16,24-25,28,39-40H,5,9,12,14,17-18H2,1-2H3/t24?,25?,28-,31-,32-,33-,34?/m0/s1. The SMILES string of the molecule is C[C@]12C=CC(=O)C=C1CCC1C3CC[C@](OC(=O)c4ccc(Sc5ccc(O)c(Cl)c5)cc4)(C(=O)SCF)[C@@]3(C)C[C@H](O)C12F. The van der Waals surface area contributed by atoms with Gasteiger partial charge in [0.15, 0.2) is 17.1 Å². The van der Waals surface area contributed by atoms with Gasteiger partial charge < -0.3 is 14.9 Å². The predicted octanol–water partition coefficient (Wildman–Crippen LogP) is 7.65. The zero-order valence-corrected chi connectivity index (χ0v) is 27.1. The van der Waals surface area contributed by atoms with Crippen molar-refractivity contribution in [2.45, 2.75) is 73.1 Å². The van der Waals surface area contributed by atoms with E-state index < -0.39 is 57.1 Å². The van der Waals surface area contributed by atoms with E-state index in [1.54, 1.807) is 56.3 Å². The summed E-state index contributed by atoms with van der Waals surface area (Å²) >= 11 is 7.81. The van der Waals surface area contributed by atoms with Crippen molar-refractivity contribution in [2.24, 2.45) is 22.7 Å². The molecule has 2 N–H and O–H groups in total. The van der Waals surface area contributed by atoms with Gasteiger partial charge in [-0.3, -0.25) is 9.59 Å². The number of aliphatic hydroxyl groups excluding tert-OH is 1. The number of hydrogen-bond donors (Lipinski definition) is 2. The fourth-order valence-electron chi connectivity index (χ4n) is 8.47. The molecule has 0 saturated heterocycles. The Bertz CT molecular complexity index is 1630. The van der Waals surface area contributed by atoms with E-state index in [1.165, 1.54) is 30.0 Å². The topological polar surface area (TPSA) is 101 Å². The molecule has 0 heterocycles. The van der Waals surface area contributed by atoms with Crippen LogP contribution in [0.2, 0.25) is 5.02 Å². The first-order valence-corrected chi connectivity index (χ1v) is 17.0. The summed E-state index contributed by atoms with van der Waals surface area (Å²) < 4.78 is 37.3. The lowest BCUT2D eigenvalue weighted by Crippen LogP contribution is -2.69. The second kappa shape index (κ2) is 11.5. The first-order chi connectivity index (χ1) is 21.3. The van der Waals surface area contributed by atoms with Crippen LogP contribution >= 0.6 is 35.1 Å². The number of carbonyl (C=O) groups is 3. The highest BCUT2D eigenvalue weighted by molar-refractivity contribution is 8.13. The molecule has 3 unspecified atom stereocenters. The number of aliphatic hydroxyl groups is 1. The number of phenolic OH excluding ortho intramolecular Hbond substituents is 1. The Balaban J connectivity index is 1.30. The molecule has 45 heavy (non-hydrogen) atoms. The molecule has 0 aliphatic heterocycles. The second-order valence-electron chi connectivity index (χ2n) is 12.8. The highest BCUT2D eigenvalue weighted by atomic mass is 35.5. The molecule has 2 aromatic carbocycles. The second-order valence-corrected chi connectivity index (χ2v) is 15.2. The number of halogens is 3. The fourth-order valence-corrected chi connectivity index (χ4v) is 10.3. The van der Waals surface area contributed by atoms with E-state index in [-0.39, 0.29) is 35.0 Å². The fraction of sp³-hybridized carbons (Fsp3) is 0.441. The van der Waals surface area contributed by atoms with E-state index >= 15 is 4.39 Å². The van der Waals surface area contributed by atoms with Crippen LogP contribution in [-0.4, -0.2) is 50.5 Å². The monoisotopic (exact) mass is 674 g/mol. The van der Waals surface area contributed by atoms with Gasteiger partial charge in [0.2, 0.25) is 5.12 Å². The number of aromatic hydroxyl groups is 1. The lowest BCUT2D eigenvalue weighted by atomic mass is 9.45. The predicted molar refractivity (Wildman–Crippen MR) is 169 cm³/mol. The Kier molecular flexibility index (Phi) is 8.28. The van der Waals surface area contributed by atoms with Gasteiger partial charge in [0.25, 0.3) is 0 Å². The molecule has 7 atom stereocenters. The molecular weight excluding hydrogens is 642 g/mol. The summed E-state index contributed by atoms with van der Waals surface area (Å²) in [5.41, 5.74) is -5.42. The van der Waals surface area contributed by atoms with Crippen LogP contribution < -0.4 is 0 Å². The average Bonchev–Trinajstić information content (AvgIpc) is 3.28. The van der Waals surface area contributed by atoms with Gasteiger partial charge in [0.1, 0.15) is 11.8 Å². The van der Waals surface area contributed by atoms with E-state index in [4.69, 9.17) is 16.3 Å². The van der Waals surface area contributed by atoms with Crippen LogP contribution in [0.15, 0.2) is 76.1 Å². The van der Waals surface area contributed by atoms with Gasteiger partial charge in [0, 0.05) is 26.5 Å². The molecule has 3 saturated carbocycles. The first kappa shape index (κ1) is 32.3. The third-order valence-corrected chi connectivity index (χ3v) is 12.8. The summed E-state index contributed by atoms with van der Waals surface area (Å²) in [6.07, 6.45) is 3.92. The van der Waals surface area contributed by atoms with Crippen LogP contribution in [0.1, 0.15) is 56.3 Å². The van der Waals surface area contributed by atoms with E-state index in [0.717, 1.165) is 9.79 Å². The summed E-state index contributed by atoms with van der Waals surface area (Å²) in [5.74, 6) is -2.13. The Morgan fingerprint density at radius 2 is 1.80 bits per heavy atom. The number of ether oxygens (including phenoxy) is 1. The van der Waals surface area contributed by atoms with Crippen molar-refractivity contribution in [3.05, 3.63) is 76.9 Å².